The van der Waals surface area contributed by atoms with Gasteiger partial charge in [-0.25, -0.2) is 0 Å². The summed E-state index contributed by atoms with van der Waals surface area (Å²) >= 11 is 0. The molecule has 1 N–H and O–H groups in total. The van der Waals surface area contributed by atoms with E-state index in [1.54, 1.807) is 7.11 Å². The van der Waals surface area contributed by atoms with Crippen LogP contribution in [0.25, 0.3) is 0 Å². The second kappa shape index (κ2) is 10.3. The third-order valence-corrected chi connectivity index (χ3v) is 4.66. The van der Waals surface area contributed by atoms with Gasteiger partial charge in [-0.15, -0.1) is 0 Å². The molecule has 4 heteroatoms. The zero-order chi connectivity index (χ0) is 18.0. The van der Waals surface area contributed by atoms with Gasteiger partial charge >= 0.3 is 0 Å². The van der Waals surface area contributed by atoms with E-state index < -0.39 is 0 Å². The first-order chi connectivity index (χ1) is 12.8. The quantitative estimate of drug-likeness (QED) is 0.736. The Labute approximate surface area is 156 Å². The van der Waals surface area contributed by atoms with E-state index in [9.17, 15) is 0 Å². The fourth-order valence-electron chi connectivity index (χ4n) is 3.24. The number of benzene rings is 2. The van der Waals surface area contributed by atoms with Gasteiger partial charge in [-0.05, 0) is 42.9 Å². The number of ether oxygens (including phenoxy) is 3. The van der Waals surface area contributed by atoms with E-state index >= 15 is 0 Å². The van der Waals surface area contributed by atoms with E-state index in [4.69, 9.17) is 14.2 Å². The maximum absolute atomic E-state index is 5.84. The molecule has 0 spiro atoms. The lowest BCUT2D eigenvalue weighted by molar-refractivity contribution is -0.161. The average molecular weight is 355 g/mol. The highest BCUT2D eigenvalue weighted by molar-refractivity contribution is 5.33. The molecule has 2 aromatic carbocycles. The van der Waals surface area contributed by atoms with Gasteiger partial charge in [0.15, 0.2) is 6.29 Å². The highest BCUT2D eigenvalue weighted by Gasteiger charge is 2.13. The molecule has 2 aromatic rings. The number of para-hydroxylation sites is 1. The molecule has 1 fully saturated rings. The van der Waals surface area contributed by atoms with Crippen LogP contribution in [0.2, 0.25) is 0 Å². The summed E-state index contributed by atoms with van der Waals surface area (Å²) in [5.41, 5.74) is 3.76. The smallest absolute Gasteiger partial charge is 0.157 e. The summed E-state index contributed by atoms with van der Waals surface area (Å²) in [4.78, 5) is 0. The molecule has 1 aliphatic rings. The van der Waals surface area contributed by atoms with Gasteiger partial charge in [0, 0.05) is 25.3 Å². The molecule has 140 valence electrons. The standard InChI is InChI=1S/C22H29NO3/c1-24-21-10-3-2-9-20(21)17-23-16-19-8-6-7-18(15-19)12-14-26-22-11-4-5-13-25-22/h2-3,6-10,15,22-23H,4-5,11-14,16-17H2,1H3. The van der Waals surface area contributed by atoms with Crippen molar-refractivity contribution >= 4 is 0 Å². The summed E-state index contributed by atoms with van der Waals surface area (Å²) in [6.45, 7) is 3.16. The summed E-state index contributed by atoms with van der Waals surface area (Å²) in [6.07, 6.45) is 4.30. The second-order valence-electron chi connectivity index (χ2n) is 6.65. The molecule has 0 aliphatic carbocycles. The zero-order valence-corrected chi connectivity index (χ0v) is 15.6. The van der Waals surface area contributed by atoms with Crippen LogP contribution in [0.1, 0.15) is 36.0 Å². The molecular weight excluding hydrogens is 326 g/mol. The molecule has 0 saturated carbocycles. The van der Waals surface area contributed by atoms with Gasteiger partial charge in [0.05, 0.1) is 13.7 Å². The lowest BCUT2D eigenvalue weighted by Gasteiger charge is -2.22. The first-order valence-electron chi connectivity index (χ1n) is 9.49. The highest BCUT2D eigenvalue weighted by Crippen LogP contribution is 2.17. The van der Waals surface area contributed by atoms with Crippen molar-refractivity contribution in [2.24, 2.45) is 0 Å². The fourth-order valence-corrected chi connectivity index (χ4v) is 3.24. The molecule has 3 rings (SSSR count). The third-order valence-electron chi connectivity index (χ3n) is 4.66. The Hall–Kier alpha value is -1.88. The van der Waals surface area contributed by atoms with Crippen molar-refractivity contribution < 1.29 is 14.2 Å². The van der Waals surface area contributed by atoms with Gasteiger partial charge < -0.3 is 19.5 Å². The van der Waals surface area contributed by atoms with Gasteiger partial charge in [-0.3, -0.25) is 0 Å². The van der Waals surface area contributed by atoms with Crippen molar-refractivity contribution in [2.75, 3.05) is 20.3 Å². The van der Waals surface area contributed by atoms with Crippen molar-refractivity contribution in [3.63, 3.8) is 0 Å². The Morgan fingerprint density at radius 3 is 2.77 bits per heavy atom. The summed E-state index contributed by atoms with van der Waals surface area (Å²) < 4.78 is 16.8. The van der Waals surface area contributed by atoms with Gasteiger partial charge in [0.25, 0.3) is 0 Å². The molecule has 4 nitrogen and oxygen atoms in total. The van der Waals surface area contributed by atoms with Crippen LogP contribution >= 0.6 is 0 Å². The predicted octanol–water partition coefficient (Wildman–Crippen LogP) is 4.07. The molecule has 0 amide bonds. The summed E-state index contributed by atoms with van der Waals surface area (Å²) in [5.74, 6) is 0.927. The van der Waals surface area contributed by atoms with Gasteiger partial charge in [-0.1, -0.05) is 42.5 Å². The first-order valence-corrected chi connectivity index (χ1v) is 9.49. The van der Waals surface area contributed by atoms with Crippen LogP contribution in [-0.2, 0) is 29.0 Å². The summed E-state index contributed by atoms with van der Waals surface area (Å²) in [6, 6.07) is 16.8. The zero-order valence-electron chi connectivity index (χ0n) is 15.6. The van der Waals surface area contributed by atoms with Gasteiger partial charge in [0.2, 0.25) is 0 Å². The minimum Gasteiger partial charge on any atom is -0.496 e. The number of rotatable bonds is 9. The molecule has 1 atom stereocenters. The average Bonchev–Trinajstić information content (AvgIpc) is 2.69. The van der Waals surface area contributed by atoms with Crippen LogP contribution in [0.5, 0.6) is 5.75 Å². The van der Waals surface area contributed by atoms with Crippen molar-refractivity contribution in [2.45, 2.75) is 45.1 Å². The number of hydrogen-bond acceptors (Lipinski definition) is 4. The molecule has 0 radical (unpaired) electrons. The third kappa shape index (κ3) is 5.84. The Kier molecular flexibility index (Phi) is 7.50. The van der Waals surface area contributed by atoms with Crippen LogP contribution in [0, 0.1) is 0 Å². The lowest BCUT2D eigenvalue weighted by atomic mass is 10.1. The van der Waals surface area contributed by atoms with Gasteiger partial charge in [0.1, 0.15) is 5.75 Å². The minimum atomic E-state index is -0.00514. The molecule has 26 heavy (non-hydrogen) atoms. The Bertz CT molecular complexity index is 668. The van der Waals surface area contributed by atoms with Crippen LogP contribution in [0.4, 0.5) is 0 Å². The van der Waals surface area contributed by atoms with Crippen molar-refractivity contribution in [1.29, 1.82) is 0 Å². The maximum Gasteiger partial charge on any atom is 0.157 e. The number of methoxy groups -OCH3 is 1. The molecular formula is C22H29NO3. The van der Waals surface area contributed by atoms with Crippen molar-refractivity contribution in [1.82, 2.24) is 5.32 Å². The topological polar surface area (TPSA) is 39.7 Å². The fraction of sp³-hybridized carbons (Fsp3) is 0.455. The van der Waals surface area contributed by atoms with E-state index in [0.717, 1.165) is 44.7 Å². The van der Waals surface area contributed by atoms with E-state index in [2.05, 4.69) is 35.6 Å². The number of nitrogens with one attached hydrogen (secondary N) is 1. The summed E-state index contributed by atoms with van der Waals surface area (Å²) in [5, 5.41) is 3.50. The van der Waals surface area contributed by atoms with Crippen LogP contribution < -0.4 is 10.1 Å². The van der Waals surface area contributed by atoms with E-state index in [1.165, 1.54) is 23.1 Å². The Morgan fingerprint density at radius 1 is 1.04 bits per heavy atom. The molecule has 1 aliphatic heterocycles. The first kappa shape index (κ1) is 18.9. The number of hydrogen-bond donors (Lipinski definition) is 1. The van der Waals surface area contributed by atoms with E-state index in [1.807, 2.05) is 18.2 Å². The predicted molar refractivity (Wildman–Crippen MR) is 103 cm³/mol. The molecule has 1 saturated heterocycles. The molecule has 0 aromatic heterocycles. The van der Waals surface area contributed by atoms with Crippen LogP contribution in [0.3, 0.4) is 0 Å². The molecule has 1 unspecified atom stereocenters. The molecule has 1 heterocycles. The minimum absolute atomic E-state index is 0.00514. The normalized spacial score (nSPS) is 17.2. The van der Waals surface area contributed by atoms with Crippen molar-refractivity contribution in [3.05, 3.63) is 65.2 Å². The van der Waals surface area contributed by atoms with Crippen LogP contribution in [0.15, 0.2) is 48.5 Å². The SMILES string of the molecule is COc1ccccc1CNCc1cccc(CCOC2CCCCO2)c1. The van der Waals surface area contributed by atoms with E-state index in [-0.39, 0.29) is 6.29 Å². The van der Waals surface area contributed by atoms with Crippen LogP contribution in [-0.4, -0.2) is 26.6 Å². The largest absolute Gasteiger partial charge is 0.496 e. The Morgan fingerprint density at radius 2 is 1.92 bits per heavy atom. The monoisotopic (exact) mass is 355 g/mol. The van der Waals surface area contributed by atoms with Gasteiger partial charge in [-0.2, -0.15) is 0 Å². The van der Waals surface area contributed by atoms with E-state index in [0.29, 0.717) is 6.61 Å². The maximum atomic E-state index is 5.84. The molecule has 0 bridgehead atoms. The lowest BCUT2D eigenvalue weighted by Crippen LogP contribution is -2.23. The second-order valence-corrected chi connectivity index (χ2v) is 6.65. The Balaban J connectivity index is 1.43. The van der Waals surface area contributed by atoms with Crippen molar-refractivity contribution in [3.8, 4) is 5.75 Å². The summed E-state index contributed by atoms with van der Waals surface area (Å²) in [7, 11) is 1.71. The highest BCUT2D eigenvalue weighted by atomic mass is 16.7.